The third-order valence-corrected chi connectivity index (χ3v) is 5.68. The van der Waals surface area contributed by atoms with Gasteiger partial charge in [-0.3, -0.25) is 0 Å². The summed E-state index contributed by atoms with van der Waals surface area (Å²) >= 11 is 0. The van der Waals surface area contributed by atoms with E-state index in [0.29, 0.717) is 5.41 Å². The van der Waals surface area contributed by atoms with Crippen molar-refractivity contribution in [2.75, 3.05) is 0 Å². The Hall–Kier alpha value is -1.74. The van der Waals surface area contributed by atoms with E-state index in [1.54, 1.807) is 0 Å². The van der Waals surface area contributed by atoms with Crippen LogP contribution in [0.15, 0.2) is 36.4 Å². The first-order chi connectivity index (χ1) is 14.0. The van der Waals surface area contributed by atoms with Crippen molar-refractivity contribution in [3.63, 3.8) is 0 Å². The fraction of sp³-hybridized carbons (Fsp3) is 0.586. The molecule has 0 saturated heterocycles. The predicted molar refractivity (Wildman–Crippen MR) is 130 cm³/mol. The molecule has 0 bridgehead atoms. The minimum atomic E-state index is 0.501. The van der Waals surface area contributed by atoms with Crippen LogP contribution in [0.1, 0.15) is 109 Å². The first-order valence-corrected chi connectivity index (χ1v) is 12.0. The van der Waals surface area contributed by atoms with Crippen LogP contribution < -0.4 is 0 Å². The van der Waals surface area contributed by atoms with Gasteiger partial charge < -0.3 is 0 Å². The van der Waals surface area contributed by atoms with E-state index in [1.165, 1.54) is 87.0 Å². The fourth-order valence-corrected chi connectivity index (χ4v) is 3.83. The van der Waals surface area contributed by atoms with Gasteiger partial charge in [0.15, 0.2) is 0 Å². The molecule has 0 nitrogen and oxygen atoms in total. The first-order valence-electron chi connectivity index (χ1n) is 12.0. The van der Waals surface area contributed by atoms with Crippen LogP contribution in [0.4, 0.5) is 0 Å². The van der Waals surface area contributed by atoms with Crippen molar-refractivity contribution < 1.29 is 0 Å². The van der Waals surface area contributed by atoms with Gasteiger partial charge in [-0.15, -0.1) is 0 Å². The maximum atomic E-state index is 3.38. The highest BCUT2D eigenvalue weighted by Gasteiger charge is 2.08. The van der Waals surface area contributed by atoms with Crippen molar-refractivity contribution in [2.24, 2.45) is 5.41 Å². The van der Waals surface area contributed by atoms with E-state index >= 15 is 0 Å². The molecule has 0 heteroatoms. The van der Waals surface area contributed by atoms with E-state index in [4.69, 9.17) is 0 Å². The second-order valence-electron chi connectivity index (χ2n) is 9.84. The van der Waals surface area contributed by atoms with Crippen LogP contribution in [-0.4, -0.2) is 0 Å². The molecule has 29 heavy (non-hydrogen) atoms. The van der Waals surface area contributed by atoms with Gasteiger partial charge >= 0.3 is 0 Å². The summed E-state index contributed by atoms with van der Waals surface area (Å²) in [5.41, 5.74) is 3.10. The summed E-state index contributed by atoms with van der Waals surface area (Å²) in [6, 6.07) is 13.5. The van der Waals surface area contributed by atoms with Crippen molar-refractivity contribution in [1.29, 1.82) is 0 Å². The van der Waals surface area contributed by atoms with E-state index in [-0.39, 0.29) is 0 Å². The molecule has 0 radical (unpaired) electrons. The SMILES string of the molecule is CCCCc1ccc2cc(C#CCCCCCCCCCC(C)(C)C)ccc2c1. The van der Waals surface area contributed by atoms with Crippen LogP contribution >= 0.6 is 0 Å². The Morgan fingerprint density at radius 2 is 1.38 bits per heavy atom. The van der Waals surface area contributed by atoms with Crippen molar-refractivity contribution >= 4 is 10.8 Å². The zero-order valence-electron chi connectivity index (χ0n) is 19.4. The quantitative estimate of drug-likeness (QED) is 0.265. The minimum absolute atomic E-state index is 0.501. The summed E-state index contributed by atoms with van der Waals surface area (Å²) in [5, 5.41) is 2.65. The lowest BCUT2D eigenvalue weighted by Gasteiger charge is -2.17. The van der Waals surface area contributed by atoms with Crippen LogP contribution in [0.5, 0.6) is 0 Å². The third kappa shape index (κ3) is 10.0. The predicted octanol–water partition coefficient (Wildman–Crippen LogP) is 9.09. The average molecular weight is 391 g/mol. The topological polar surface area (TPSA) is 0 Å². The van der Waals surface area contributed by atoms with Gasteiger partial charge in [-0.05, 0) is 59.6 Å². The van der Waals surface area contributed by atoms with Gasteiger partial charge in [0.25, 0.3) is 0 Å². The molecule has 0 fully saturated rings. The number of fused-ring (bicyclic) bond motifs is 1. The molecule has 0 aromatic heterocycles. The van der Waals surface area contributed by atoms with Crippen LogP contribution in [0.25, 0.3) is 10.8 Å². The molecule has 0 unspecified atom stereocenters. The van der Waals surface area contributed by atoms with Crippen molar-refractivity contribution in [2.45, 2.75) is 105 Å². The summed E-state index contributed by atoms with van der Waals surface area (Å²) in [5.74, 6) is 6.75. The third-order valence-electron chi connectivity index (χ3n) is 5.68. The molecule has 0 atom stereocenters. The van der Waals surface area contributed by atoms with E-state index in [1.807, 2.05) is 0 Å². The Labute approximate surface area is 180 Å². The number of unbranched alkanes of at least 4 members (excludes halogenated alkanes) is 8. The van der Waals surface area contributed by atoms with Crippen LogP contribution in [0.2, 0.25) is 0 Å². The van der Waals surface area contributed by atoms with E-state index in [2.05, 4.69) is 75.9 Å². The molecular formula is C29H42. The molecule has 0 aliphatic carbocycles. The minimum Gasteiger partial charge on any atom is -0.0979 e. The molecule has 2 aromatic carbocycles. The summed E-state index contributed by atoms with van der Waals surface area (Å²) in [7, 11) is 0. The molecule has 2 aromatic rings. The zero-order chi connectivity index (χ0) is 21.0. The van der Waals surface area contributed by atoms with Gasteiger partial charge in [-0.2, -0.15) is 0 Å². The standard InChI is InChI=1S/C29H42/c1-5-6-16-25-18-20-28-24-26(19-21-27(28)23-25)17-14-12-10-8-7-9-11-13-15-22-29(2,3)4/h18-21,23-24H,5-13,15-16,22H2,1-4H3. The molecule has 2 rings (SSSR count). The van der Waals surface area contributed by atoms with E-state index in [0.717, 1.165) is 12.0 Å². The summed E-state index contributed by atoms with van der Waals surface area (Å²) < 4.78 is 0. The van der Waals surface area contributed by atoms with Crippen molar-refractivity contribution in [1.82, 2.24) is 0 Å². The number of hydrogen-bond acceptors (Lipinski definition) is 0. The number of benzene rings is 2. The van der Waals surface area contributed by atoms with Crippen LogP contribution in [0, 0.1) is 17.3 Å². The summed E-state index contributed by atoms with van der Waals surface area (Å²) in [6.07, 6.45) is 15.6. The lowest BCUT2D eigenvalue weighted by atomic mass is 9.89. The van der Waals surface area contributed by atoms with Gasteiger partial charge in [0.2, 0.25) is 0 Å². The van der Waals surface area contributed by atoms with Gasteiger partial charge in [0.05, 0.1) is 0 Å². The van der Waals surface area contributed by atoms with Gasteiger partial charge in [-0.1, -0.05) is 109 Å². The maximum Gasteiger partial charge on any atom is 0.0251 e. The maximum absolute atomic E-state index is 3.38. The molecule has 0 aliphatic heterocycles. The second-order valence-corrected chi connectivity index (χ2v) is 9.84. The smallest absolute Gasteiger partial charge is 0.0251 e. The Balaban J connectivity index is 1.64. The number of rotatable bonds is 11. The zero-order valence-corrected chi connectivity index (χ0v) is 19.4. The molecule has 0 heterocycles. The van der Waals surface area contributed by atoms with Crippen molar-refractivity contribution in [3.05, 3.63) is 47.5 Å². The summed E-state index contributed by atoms with van der Waals surface area (Å²) in [6.45, 7) is 9.28. The number of aryl methyl sites for hydroxylation is 1. The average Bonchev–Trinajstić information content (AvgIpc) is 2.69. The molecule has 0 N–H and O–H groups in total. The normalized spacial score (nSPS) is 11.4. The van der Waals surface area contributed by atoms with Crippen LogP contribution in [-0.2, 0) is 6.42 Å². The van der Waals surface area contributed by atoms with Crippen molar-refractivity contribution in [3.8, 4) is 11.8 Å². The molecule has 158 valence electrons. The molecule has 0 amide bonds. The monoisotopic (exact) mass is 390 g/mol. The lowest BCUT2D eigenvalue weighted by Crippen LogP contribution is -2.03. The van der Waals surface area contributed by atoms with E-state index in [9.17, 15) is 0 Å². The molecular weight excluding hydrogens is 348 g/mol. The second kappa shape index (κ2) is 12.7. The fourth-order valence-electron chi connectivity index (χ4n) is 3.83. The Kier molecular flexibility index (Phi) is 10.3. The first kappa shape index (κ1) is 23.5. The van der Waals surface area contributed by atoms with Gasteiger partial charge in [-0.25, -0.2) is 0 Å². The van der Waals surface area contributed by atoms with E-state index < -0.39 is 0 Å². The molecule has 0 saturated carbocycles. The van der Waals surface area contributed by atoms with Gasteiger partial charge in [0.1, 0.15) is 0 Å². The highest BCUT2D eigenvalue weighted by atomic mass is 14.1. The highest BCUT2D eigenvalue weighted by molar-refractivity contribution is 5.84. The Bertz CT molecular complexity index is 779. The Morgan fingerprint density at radius 1 is 0.724 bits per heavy atom. The van der Waals surface area contributed by atoms with Gasteiger partial charge in [0, 0.05) is 12.0 Å². The highest BCUT2D eigenvalue weighted by Crippen LogP contribution is 2.23. The summed E-state index contributed by atoms with van der Waals surface area (Å²) in [4.78, 5) is 0. The Morgan fingerprint density at radius 3 is 2.10 bits per heavy atom. The largest absolute Gasteiger partial charge is 0.0979 e. The lowest BCUT2D eigenvalue weighted by molar-refractivity contribution is 0.356. The number of hydrogen-bond donors (Lipinski definition) is 0. The van der Waals surface area contributed by atoms with Crippen LogP contribution in [0.3, 0.4) is 0 Å². The molecule has 0 spiro atoms. The molecule has 0 aliphatic rings.